The SMILES string of the molecule is CCCCCCCCCCCCCCCCCCCCCCCC(C)C1OC[C@@H](O)[C@H](O)[C@H]1O. The van der Waals surface area contributed by atoms with Crippen LogP contribution >= 0.6 is 0 Å². The highest BCUT2D eigenvalue weighted by Gasteiger charge is 2.39. The van der Waals surface area contributed by atoms with Crippen molar-refractivity contribution in [2.24, 2.45) is 5.92 Å². The molecule has 0 aromatic carbocycles. The van der Waals surface area contributed by atoms with E-state index in [2.05, 4.69) is 13.8 Å². The first kappa shape index (κ1) is 31.9. The predicted molar refractivity (Wildman–Crippen MR) is 144 cm³/mol. The number of hydrogen-bond acceptors (Lipinski definition) is 4. The van der Waals surface area contributed by atoms with Crippen molar-refractivity contribution in [3.63, 3.8) is 0 Å². The Morgan fingerprint density at radius 1 is 0.559 bits per heavy atom. The van der Waals surface area contributed by atoms with Crippen LogP contribution in [0.25, 0.3) is 0 Å². The second-order valence-electron chi connectivity index (χ2n) is 11.2. The Balaban J connectivity index is 1.77. The molecule has 2 unspecified atom stereocenters. The first-order valence-electron chi connectivity index (χ1n) is 15.2. The quantitative estimate of drug-likeness (QED) is 0.130. The van der Waals surface area contributed by atoms with E-state index < -0.39 is 18.3 Å². The van der Waals surface area contributed by atoms with Gasteiger partial charge in [0.05, 0.1) is 12.7 Å². The summed E-state index contributed by atoms with van der Waals surface area (Å²) >= 11 is 0. The van der Waals surface area contributed by atoms with Crippen LogP contribution in [-0.2, 0) is 4.74 Å². The topological polar surface area (TPSA) is 69.9 Å². The van der Waals surface area contributed by atoms with Gasteiger partial charge in [-0.15, -0.1) is 0 Å². The normalized spacial score (nSPS) is 23.9. The predicted octanol–water partition coefficient (Wildman–Crippen LogP) is 7.71. The van der Waals surface area contributed by atoms with Gasteiger partial charge in [0.2, 0.25) is 0 Å². The van der Waals surface area contributed by atoms with Gasteiger partial charge < -0.3 is 20.1 Å². The maximum atomic E-state index is 10.1. The Labute approximate surface area is 212 Å². The molecular formula is C30H60O4. The molecule has 0 aliphatic carbocycles. The summed E-state index contributed by atoms with van der Waals surface area (Å²) in [5.74, 6) is 0.206. The van der Waals surface area contributed by atoms with Crippen molar-refractivity contribution in [2.75, 3.05) is 6.61 Å². The van der Waals surface area contributed by atoms with Gasteiger partial charge in [-0.25, -0.2) is 0 Å². The average Bonchev–Trinajstić information content (AvgIpc) is 2.83. The molecule has 204 valence electrons. The molecule has 0 radical (unpaired) electrons. The molecule has 0 spiro atoms. The van der Waals surface area contributed by atoms with E-state index in [0.29, 0.717) is 0 Å². The summed E-state index contributed by atoms with van der Waals surface area (Å²) in [7, 11) is 0. The maximum absolute atomic E-state index is 10.1. The minimum atomic E-state index is -1.08. The fraction of sp³-hybridized carbons (Fsp3) is 1.00. The Morgan fingerprint density at radius 2 is 0.912 bits per heavy atom. The number of aliphatic hydroxyl groups is 3. The van der Waals surface area contributed by atoms with Gasteiger partial charge in [0.25, 0.3) is 0 Å². The fourth-order valence-corrected chi connectivity index (χ4v) is 5.39. The van der Waals surface area contributed by atoms with Gasteiger partial charge >= 0.3 is 0 Å². The molecule has 0 amide bonds. The maximum Gasteiger partial charge on any atom is 0.111 e. The molecule has 1 saturated heterocycles. The molecular weight excluding hydrogens is 424 g/mol. The van der Waals surface area contributed by atoms with Gasteiger partial charge in [-0.1, -0.05) is 149 Å². The zero-order chi connectivity index (χ0) is 24.9. The van der Waals surface area contributed by atoms with Crippen molar-refractivity contribution in [1.82, 2.24) is 0 Å². The molecule has 0 aromatic rings. The number of hydrogen-bond donors (Lipinski definition) is 3. The lowest BCUT2D eigenvalue weighted by Crippen LogP contribution is -2.54. The Hall–Kier alpha value is -0.160. The molecule has 1 heterocycles. The zero-order valence-corrected chi connectivity index (χ0v) is 22.9. The summed E-state index contributed by atoms with van der Waals surface area (Å²) < 4.78 is 5.57. The summed E-state index contributed by atoms with van der Waals surface area (Å²) in [6.45, 7) is 4.49. The molecule has 1 fully saturated rings. The molecule has 1 aliphatic heterocycles. The van der Waals surface area contributed by atoms with Crippen LogP contribution in [0.3, 0.4) is 0 Å². The van der Waals surface area contributed by atoms with Crippen LogP contribution in [0, 0.1) is 5.92 Å². The van der Waals surface area contributed by atoms with Crippen molar-refractivity contribution in [1.29, 1.82) is 0 Å². The number of rotatable bonds is 23. The average molecular weight is 485 g/mol. The first-order chi connectivity index (χ1) is 16.6. The largest absolute Gasteiger partial charge is 0.388 e. The number of ether oxygens (including phenoxy) is 1. The zero-order valence-electron chi connectivity index (χ0n) is 22.9. The van der Waals surface area contributed by atoms with Gasteiger partial charge in [0, 0.05) is 0 Å². The van der Waals surface area contributed by atoms with Gasteiger partial charge in [-0.05, 0) is 12.3 Å². The first-order valence-corrected chi connectivity index (χ1v) is 15.2. The molecule has 4 nitrogen and oxygen atoms in total. The van der Waals surface area contributed by atoms with Crippen LogP contribution in [-0.4, -0.2) is 46.3 Å². The van der Waals surface area contributed by atoms with Crippen molar-refractivity contribution in [2.45, 2.75) is 180 Å². The van der Waals surface area contributed by atoms with Crippen molar-refractivity contribution in [3.8, 4) is 0 Å². The summed E-state index contributed by atoms with van der Waals surface area (Å²) in [4.78, 5) is 0. The highest BCUT2D eigenvalue weighted by atomic mass is 16.5. The highest BCUT2D eigenvalue weighted by Crippen LogP contribution is 2.25. The van der Waals surface area contributed by atoms with E-state index in [1.807, 2.05) is 0 Å². The van der Waals surface area contributed by atoms with Gasteiger partial charge in [-0.3, -0.25) is 0 Å². The van der Waals surface area contributed by atoms with E-state index in [1.165, 1.54) is 128 Å². The monoisotopic (exact) mass is 484 g/mol. The summed E-state index contributed by atoms with van der Waals surface area (Å²) in [5.41, 5.74) is 0. The van der Waals surface area contributed by atoms with E-state index in [1.54, 1.807) is 0 Å². The summed E-state index contributed by atoms with van der Waals surface area (Å²) in [5, 5.41) is 29.5. The Kier molecular flexibility index (Phi) is 20.7. The fourth-order valence-electron chi connectivity index (χ4n) is 5.39. The Morgan fingerprint density at radius 3 is 1.29 bits per heavy atom. The molecule has 4 heteroatoms. The van der Waals surface area contributed by atoms with E-state index >= 15 is 0 Å². The second-order valence-corrected chi connectivity index (χ2v) is 11.2. The van der Waals surface area contributed by atoms with Crippen LogP contribution in [0.5, 0.6) is 0 Å². The number of unbranched alkanes of at least 4 members (excludes halogenated alkanes) is 20. The number of aliphatic hydroxyl groups excluding tert-OH is 3. The minimum Gasteiger partial charge on any atom is -0.388 e. The standard InChI is InChI=1S/C30H60O4/c1-3-4-5-6-7-8-9-10-11-12-13-14-15-16-17-18-19-20-21-22-23-24-26(2)30-29(33)28(32)27(31)25-34-30/h26-33H,3-25H2,1-2H3/t26?,27-,28+,29-,30?/m1/s1. The molecule has 1 aliphatic rings. The minimum absolute atomic E-state index is 0.118. The summed E-state index contributed by atoms with van der Waals surface area (Å²) in [6, 6.07) is 0. The molecule has 5 atom stereocenters. The lowest BCUT2D eigenvalue weighted by atomic mass is 9.88. The third-order valence-electron chi connectivity index (χ3n) is 7.86. The molecule has 0 saturated carbocycles. The summed E-state index contributed by atoms with van der Waals surface area (Å²) in [6.07, 6.45) is 26.9. The molecule has 0 bridgehead atoms. The Bertz CT molecular complexity index is 430. The van der Waals surface area contributed by atoms with Crippen LogP contribution in [0.15, 0.2) is 0 Å². The molecule has 1 rings (SSSR count). The second kappa shape index (κ2) is 22.1. The van der Waals surface area contributed by atoms with Crippen LogP contribution < -0.4 is 0 Å². The van der Waals surface area contributed by atoms with Crippen LogP contribution in [0.1, 0.15) is 155 Å². The van der Waals surface area contributed by atoms with Crippen molar-refractivity contribution in [3.05, 3.63) is 0 Å². The lowest BCUT2D eigenvalue weighted by Gasteiger charge is -2.38. The molecule has 0 aromatic heterocycles. The lowest BCUT2D eigenvalue weighted by molar-refractivity contribution is -0.199. The van der Waals surface area contributed by atoms with E-state index in [-0.39, 0.29) is 18.6 Å². The highest BCUT2D eigenvalue weighted by molar-refractivity contribution is 4.88. The molecule has 3 N–H and O–H groups in total. The van der Waals surface area contributed by atoms with Crippen LogP contribution in [0.2, 0.25) is 0 Å². The van der Waals surface area contributed by atoms with Gasteiger partial charge in [0.15, 0.2) is 0 Å². The smallest absolute Gasteiger partial charge is 0.111 e. The van der Waals surface area contributed by atoms with E-state index in [9.17, 15) is 15.3 Å². The third kappa shape index (κ3) is 15.8. The van der Waals surface area contributed by atoms with E-state index in [4.69, 9.17) is 4.74 Å². The van der Waals surface area contributed by atoms with E-state index in [0.717, 1.165) is 12.8 Å². The van der Waals surface area contributed by atoms with Crippen LogP contribution in [0.4, 0.5) is 0 Å². The van der Waals surface area contributed by atoms with Crippen molar-refractivity contribution >= 4 is 0 Å². The van der Waals surface area contributed by atoms with Gasteiger partial charge in [0.1, 0.15) is 18.3 Å². The van der Waals surface area contributed by atoms with Gasteiger partial charge in [-0.2, -0.15) is 0 Å². The van der Waals surface area contributed by atoms with Crippen molar-refractivity contribution < 1.29 is 20.1 Å². The third-order valence-corrected chi connectivity index (χ3v) is 7.86. The molecule has 34 heavy (non-hydrogen) atoms.